The number of hydrogen-bond donors (Lipinski definition) is 3. The van der Waals surface area contributed by atoms with Gasteiger partial charge in [0.1, 0.15) is 5.78 Å². The molecule has 8 heteroatoms. The number of Topliss-reactive ketones (excluding diaryl/α,β-unsaturated/α-hetero) is 1. The fourth-order valence-corrected chi connectivity index (χ4v) is 5.72. The zero-order chi connectivity index (χ0) is 26.2. The molecule has 1 aromatic heterocycles. The lowest BCUT2D eigenvalue weighted by atomic mass is 9.72. The molecule has 2 saturated heterocycles. The fourth-order valence-electron chi connectivity index (χ4n) is 5.15. The summed E-state index contributed by atoms with van der Waals surface area (Å²) in [5.41, 5.74) is 0.748. The van der Waals surface area contributed by atoms with Crippen molar-refractivity contribution in [1.29, 1.82) is 0 Å². The van der Waals surface area contributed by atoms with E-state index in [2.05, 4.69) is 17.2 Å². The van der Waals surface area contributed by atoms with Gasteiger partial charge in [-0.25, -0.2) is 4.98 Å². The Kier molecular flexibility index (Phi) is 8.31. The minimum atomic E-state index is -2.10. The number of ether oxygens (including phenoxy) is 1. The van der Waals surface area contributed by atoms with Crippen LogP contribution in [0.25, 0.3) is 6.08 Å². The smallest absolute Gasteiger partial charge is 0.220 e. The van der Waals surface area contributed by atoms with Gasteiger partial charge in [-0.3, -0.25) is 9.59 Å². The summed E-state index contributed by atoms with van der Waals surface area (Å²) in [5.74, 6) is -3.89. The zero-order valence-corrected chi connectivity index (χ0v) is 23.0. The first kappa shape index (κ1) is 28.0. The summed E-state index contributed by atoms with van der Waals surface area (Å²) in [5, 5.41) is 27.9. The Morgan fingerprint density at radius 1 is 1.23 bits per heavy atom. The molecule has 5 atom stereocenters. The van der Waals surface area contributed by atoms with Crippen LogP contribution in [0.4, 0.5) is 0 Å². The number of thiazole rings is 1. The first-order valence-corrected chi connectivity index (χ1v) is 13.6. The maximum absolute atomic E-state index is 13.2. The van der Waals surface area contributed by atoms with Crippen molar-refractivity contribution in [2.45, 2.75) is 111 Å². The first-order chi connectivity index (χ1) is 16.2. The van der Waals surface area contributed by atoms with E-state index in [-0.39, 0.29) is 35.9 Å². The molecule has 1 amide bonds. The van der Waals surface area contributed by atoms with E-state index in [0.29, 0.717) is 19.3 Å². The van der Waals surface area contributed by atoms with Gasteiger partial charge in [0, 0.05) is 29.6 Å². The average Bonchev–Trinajstić information content (AvgIpc) is 3.22. The average molecular weight is 507 g/mol. The van der Waals surface area contributed by atoms with Crippen molar-refractivity contribution in [2.24, 2.45) is 17.3 Å². The van der Waals surface area contributed by atoms with Crippen LogP contribution in [-0.2, 0) is 14.3 Å². The predicted molar refractivity (Wildman–Crippen MR) is 138 cm³/mol. The van der Waals surface area contributed by atoms with E-state index in [1.54, 1.807) is 39.0 Å². The Morgan fingerprint density at radius 3 is 2.54 bits per heavy atom. The Morgan fingerprint density at radius 2 is 1.91 bits per heavy atom. The van der Waals surface area contributed by atoms with E-state index in [0.717, 1.165) is 29.1 Å². The van der Waals surface area contributed by atoms with Crippen LogP contribution < -0.4 is 5.32 Å². The van der Waals surface area contributed by atoms with E-state index < -0.39 is 23.0 Å². The highest BCUT2D eigenvalue weighted by molar-refractivity contribution is 7.09. The van der Waals surface area contributed by atoms with Gasteiger partial charge < -0.3 is 20.3 Å². The molecule has 1 aromatic rings. The monoisotopic (exact) mass is 506 g/mol. The van der Waals surface area contributed by atoms with E-state index in [1.165, 1.54) is 0 Å². The Balaban J connectivity index is 1.84. The SMILES string of the molecule is C/C(=C\c1csc(C)n1)C1CC2OC2(C)CCCC(C)C(O)(O)C(C)C(=O)C(C)(C)CCC(=O)N1. The van der Waals surface area contributed by atoms with Crippen LogP contribution in [-0.4, -0.2) is 50.4 Å². The number of aromatic nitrogens is 1. The predicted octanol–water partition coefficient (Wildman–Crippen LogP) is 4.40. The molecule has 2 aliphatic rings. The molecule has 0 saturated carbocycles. The van der Waals surface area contributed by atoms with Gasteiger partial charge in [0.15, 0.2) is 5.79 Å². The molecule has 2 fully saturated rings. The highest BCUT2D eigenvalue weighted by Crippen LogP contribution is 2.45. The third-order valence-electron chi connectivity index (χ3n) is 8.09. The number of rotatable bonds is 2. The van der Waals surface area contributed by atoms with Crippen LogP contribution in [0.3, 0.4) is 0 Å². The van der Waals surface area contributed by atoms with Gasteiger partial charge in [0.05, 0.1) is 34.4 Å². The van der Waals surface area contributed by atoms with Gasteiger partial charge in [-0.15, -0.1) is 11.3 Å². The number of aliphatic hydroxyl groups is 2. The summed E-state index contributed by atoms with van der Waals surface area (Å²) < 4.78 is 6.09. The lowest BCUT2D eigenvalue weighted by molar-refractivity contribution is -0.230. The standard InChI is InChI=1S/C27H42N2O5S/c1-16(13-20-15-35-19(4)28-20)21-14-22-26(7,34-22)11-8-9-17(2)27(32,33)18(3)24(31)25(5,6)12-10-23(30)29-21/h13,15,17-18,21-22,32-33H,8-12,14H2,1-7H3,(H,29,30)/b16-13+. The number of fused-ring (bicyclic) bond motifs is 1. The maximum Gasteiger partial charge on any atom is 0.220 e. The summed E-state index contributed by atoms with van der Waals surface area (Å²) in [6.07, 6.45) is 5.31. The summed E-state index contributed by atoms with van der Waals surface area (Å²) in [7, 11) is 0. The number of nitrogens with one attached hydrogen (secondary N) is 1. The molecule has 0 aliphatic carbocycles. The molecule has 7 nitrogen and oxygen atoms in total. The van der Waals surface area contributed by atoms with Crippen LogP contribution in [0, 0.1) is 24.2 Å². The molecule has 35 heavy (non-hydrogen) atoms. The molecule has 2 aliphatic heterocycles. The van der Waals surface area contributed by atoms with Gasteiger partial charge in [-0.1, -0.05) is 34.1 Å². The summed E-state index contributed by atoms with van der Waals surface area (Å²) in [6.45, 7) is 13.0. The number of hydrogen-bond acceptors (Lipinski definition) is 7. The van der Waals surface area contributed by atoms with Gasteiger partial charge in [0.25, 0.3) is 0 Å². The van der Waals surface area contributed by atoms with Crippen LogP contribution in [0.2, 0.25) is 0 Å². The molecular weight excluding hydrogens is 464 g/mol. The molecule has 0 aromatic carbocycles. The molecule has 3 N–H and O–H groups in total. The highest BCUT2D eigenvalue weighted by atomic mass is 32.1. The van der Waals surface area contributed by atoms with Gasteiger partial charge >= 0.3 is 0 Å². The molecular formula is C27H42N2O5S. The summed E-state index contributed by atoms with van der Waals surface area (Å²) in [6, 6.07) is -0.191. The van der Waals surface area contributed by atoms with E-state index in [9.17, 15) is 19.8 Å². The van der Waals surface area contributed by atoms with Gasteiger partial charge in [0.2, 0.25) is 5.91 Å². The normalized spacial score (nSPS) is 34.7. The van der Waals surface area contributed by atoms with Crippen molar-refractivity contribution in [2.75, 3.05) is 0 Å². The fraction of sp³-hybridized carbons (Fsp3) is 0.741. The number of carbonyl (C=O) groups excluding carboxylic acids is 2. The third kappa shape index (κ3) is 6.59. The minimum absolute atomic E-state index is 0.0153. The number of aryl methyl sites for hydroxylation is 1. The molecule has 0 radical (unpaired) electrons. The highest BCUT2D eigenvalue weighted by Gasteiger charge is 2.53. The minimum Gasteiger partial charge on any atom is -0.366 e. The first-order valence-electron chi connectivity index (χ1n) is 12.7. The molecule has 3 heterocycles. The van der Waals surface area contributed by atoms with E-state index in [4.69, 9.17) is 4.74 Å². The quantitative estimate of drug-likeness (QED) is 0.405. The summed E-state index contributed by atoms with van der Waals surface area (Å²) >= 11 is 1.59. The number of ketones is 1. The second-order valence-electron chi connectivity index (χ2n) is 11.5. The van der Waals surface area contributed by atoms with Crippen molar-refractivity contribution in [3.8, 4) is 0 Å². The van der Waals surface area contributed by atoms with Gasteiger partial charge in [-0.2, -0.15) is 0 Å². The summed E-state index contributed by atoms with van der Waals surface area (Å²) in [4.78, 5) is 30.8. The van der Waals surface area contributed by atoms with Crippen molar-refractivity contribution >= 4 is 29.1 Å². The molecule has 196 valence electrons. The number of epoxide rings is 1. The van der Waals surface area contributed by atoms with Crippen LogP contribution in [0.5, 0.6) is 0 Å². The number of amides is 1. The largest absolute Gasteiger partial charge is 0.366 e. The molecule has 0 spiro atoms. The zero-order valence-electron chi connectivity index (χ0n) is 22.2. The lowest BCUT2D eigenvalue weighted by Crippen LogP contribution is -2.49. The van der Waals surface area contributed by atoms with Crippen LogP contribution >= 0.6 is 11.3 Å². The Hall–Kier alpha value is -1.61. The van der Waals surface area contributed by atoms with Crippen molar-refractivity contribution in [3.05, 3.63) is 21.7 Å². The molecule has 3 rings (SSSR count). The van der Waals surface area contributed by atoms with Crippen molar-refractivity contribution < 1.29 is 24.5 Å². The second kappa shape index (κ2) is 10.4. The maximum atomic E-state index is 13.2. The van der Waals surface area contributed by atoms with E-state index in [1.807, 2.05) is 25.3 Å². The lowest BCUT2D eigenvalue weighted by Gasteiger charge is -2.37. The topological polar surface area (TPSA) is 112 Å². The van der Waals surface area contributed by atoms with Crippen LogP contribution in [0.1, 0.15) is 90.8 Å². The second-order valence-corrected chi connectivity index (χ2v) is 12.6. The van der Waals surface area contributed by atoms with Crippen LogP contribution in [0.15, 0.2) is 11.0 Å². The molecule has 5 unspecified atom stereocenters. The third-order valence-corrected chi connectivity index (χ3v) is 8.88. The number of nitrogens with zero attached hydrogens (tertiary/aromatic N) is 1. The number of carbonyl (C=O) groups is 2. The van der Waals surface area contributed by atoms with Crippen molar-refractivity contribution in [1.82, 2.24) is 10.3 Å². The van der Waals surface area contributed by atoms with Gasteiger partial charge in [-0.05, 0) is 51.7 Å². The van der Waals surface area contributed by atoms with E-state index >= 15 is 0 Å². The Bertz CT molecular complexity index is 969. The van der Waals surface area contributed by atoms with Crippen molar-refractivity contribution in [3.63, 3.8) is 0 Å². The Labute approximate surface area is 213 Å². The molecule has 0 bridgehead atoms.